The van der Waals surface area contributed by atoms with Crippen molar-refractivity contribution >= 4 is 18.3 Å². The zero-order chi connectivity index (χ0) is 16.0. The van der Waals surface area contributed by atoms with Gasteiger partial charge in [-0.1, -0.05) is 12.8 Å². The molecule has 2 atom stereocenters. The predicted octanol–water partition coefficient (Wildman–Crippen LogP) is 2.52. The van der Waals surface area contributed by atoms with Crippen LogP contribution in [0.4, 0.5) is 0 Å². The van der Waals surface area contributed by atoms with E-state index in [1.54, 1.807) is 7.11 Å². The van der Waals surface area contributed by atoms with Gasteiger partial charge in [-0.2, -0.15) is 0 Å². The van der Waals surface area contributed by atoms with Crippen molar-refractivity contribution in [2.75, 3.05) is 20.3 Å². The molecule has 1 amide bonds. The van der Waals surface area contributed by atoms with Gasteiger partial charge in [0.1, 0.15) is 18.1 Å². The molecule has 0 saturated heterocycles. The summed E-state index contributed by atoms with van der Waals surface area (Å²) in [4.78, 5) is 12.2. The Bertz CT molecular complexity index is 491. The van der Waals surface area contributed by atoms with Gasteiger partial charge in [-0.3, -0.25) is 4.79 Å². The van der Waals surface area contributed by atoms with E-state index in [0.29, 0.717) is 13.2 Å². The van der Waals surface area contributed by atoms with Crippen molar-refractivity contribution in [2.24, 2.45) is 11.7 Å². The quantitative estimate of drug-likeness (QED) is 0.779. The zero-order valence-corrected chi connectivity index (χ0v) is 14.7. The minimum Gasteiger partial charge on any atom is -0.497 e. The maximum Gasteiger partial charge on any atom is 0.225 e. The molecule has 0 aromatic heterocycles. The molecule has 1 aromatic rings. The molecule has 0 aliphatic heterocycles. The van der Waals surface area contributed by atoms with Crippen LogP contribution in [0.2, 0.25) is 0 Å². The molecular weight excluding hydrogens is 316 g/mol. The molecule has 1 saturated carbocycles. The third kappa shape index (κ3) is 5.59. The lowest BCUT2D eigenvalue weighted by atomic mass is 9.74. The maximum atomic E-state index is 12.2. The van der Waals surface area contributed by atoms with Gasteiger partial charge in [-0.25, -0.2) is 0 Å². The Morgan fingerprint density at radius 2 is 1.96 bits per heavy atom. The van der Waals surface area contributed by atoms with Crippen molar-refractivity contribution in [3.63, 3.8) is 0 Å². The predicted molar refractivity (Wildman–Crippen MR) is 93.3 cm³/mol. The highest BCUT2D eigenvalue weighted by molar-refractivity contribution is 5.85. The monoisotopic (exact) mass is 342 g/mol. The van der Waals surface area contributed by atoms with Crippen LogP contribution >= 0.6 is 12.4 Å². The van der Waals surface area contributed by atoms with Crippen LogP contribution in [0.1, 0.15) is 32.6 Å². The molecule has 0 spiro atoms. The van der Waals surface area contributed by atoms with Crippen LogP contribution in [0.15, 0.2) is 24.3 Å². The number of halogens is 1. The van der Waals surface area contributed by atoms with Gasteiger partial charge in [0, 0.05) is 5.54 Å². The van der Waals surface area contributed by atoms with Crippen molar-refractivity contribution in [3.8, 4) is 11.5 Å². The van der Waals surface area contributed by atoms with Crippen molar-refractivity contribution in [2.45, 2.75) is 38.1 Å². The van der Waals surface area contributed by atoms with Gasteiger partial charge in [0.2, 0.25) is 5.91 Å². The number of nitrogens with two attached hydrogens (primary N) is 1. The summed E-state index contributed by atoms with van der Waals surface area (Å²) in [5.74, 6) is 1.50. The molecule has 1 aliphatic carbocycles. The molecule has 130 valence electrons. The van der Waals surface area contributed by atoms with E-state index in [9.17, 15) is 4.79 Å². The van der Waals surface area contributed by atoms with E-state index in [2.05, 4.69) is 5.32 Å². The van der Waals surface area contributed by atoms with E-state index >= 15 is 0 Å². The van der Waals surface area contributed by atoms with E-state index in [4.69, 9.17) is 15.2 Å². The number of carbonyl (C=O) groups is 1. The highest BCUT2D eigenvalue weighted by Crippen LogP contribution is 2.31. The fraction of sp³-hybridized carbons (Fsp3) is 0.588. The Kier molecular flexibility index (Phi) is 7.65. The summed E-state index contributed by atoms with van der Waals surface area (Å²) < 4.78 is 10.7. The van der Waals surface area contributed by atoms with Gasteiger partial charge in [0.05, 0.1) is 19.6 Å². The van der Waals surface area contributed by atoms with E-state index in [-0.39, 0.29) is 29.8 Å². The highest BCUT2D eigenvalue weighted by Gasteiger charge is 2.37. The van der Waals surface area contributed by atoms with Crippen molar-refractivity contribution in [1.82, 2.24) is 5.32 Å². The Morgan fingerprint density at radius 3 is 2.57 bits per heavy atom. The fourth-order valence-corrected chi connectivity index (χ4v) is 2.93. The lowest BCUT2D eigenvalue weighted by Gasteiger charge is -2.37. The molecule has 0 radical (unpaired) electrons. The Hall–Kier alpha value is -1.46. The minimum atomic E-state index is -0.390. The smallest absolute Gasteiger partial charge is 0.225 e. The number of ether oxygens (including phenoxy) is 2. The van der Waals surface area contributed by atoms with Gasteiger partial charge in [0.25, 0.3) is 0 Å². The first-order valence-electron chi connectivity index (χ1n) is 7.86. The summed E-state index contributed by atoms with van der Waals surface area (Å²) in [6, 6.07) is 7.38. The summed E-state index contributed by atoms with van der Waals surface area (Å²) >= 11 is 0. The summed E-state index contributed by atoms with van der Waals surface area (Å²) in [7, 11) is 1.63. The van der Waals surface area contributed by atoms with Gasteiger partial charge in [0.15, 0.2) is 0 Å². The van der Waals surface area contributed by atoms with Crippen LogP contribution in [0, 0.1) is 5.92 Å². The third-order valence-corrected chi connectivity index (χ3v) is 4.30. The molecule has 23 heavy (non-hydrogen) atoms. The van der Waals surface area contributed by atoms with Crippen molar-refractivity contribution in [3.05, 3.63) is 24.3 Å². The maximum absolute atomic E-state index is 12.2. The molecule has 1 fully saturated rings. The van der Waals surface area contributed by atoms with Crippen molar-refractivity contribution < 1.29 is 14.3 Å². The lowest BCUT2D eigenvalue weighted by molar-refractivity contribution is -0.128. The van der Waals surface area contributed by atoms with Crippen LogP contribution < -0.4 is 20.5 Å². The molecule has 0 heterocycles. The molecular formula is C17H27ClN2O3. The van der Waals surface area contributed by atoms with E-state index in [1.807, 2.05) is 31.2 Å². The van der Waals surface area contributed by atoms with E-state index in [1.165, 1.54) is 0 Å². The summed E-state index contributed by atoms with van der Waals surface area (Å²) in [6.07, 6.45) is 3.97. The molecule has 2 unspecified atom stereocenters. The Morgan fingerprint density at radius 1 is 1.30 bits per heavy atom. The second-order valence-corrected chi connectivity index (χ2v) is 6.12. The average Bonchev–Trinajstić information content (AvgIpc) is 2.51. The summed E-state index contributed by atoms with van der Waals surface area (Å²) in [5, 5.41) is 2.93. The van der Waals surface area contributed by atoms with Crippen LogP contribution in [-0.2, 0) is 4.79 Å². The number of carbonyl (C=O) groups excluding carboxylic acids is 1. The van der Waals surface area contributed by atoms with Crippen LogP contribution in [-0.4, -0.2) is 31.7 Å². The number of hydrogen-bond donors (Lipinski definition) is 2. The average molecular weight is 343 g/mol. The Balaban J connectivity index is 0.00000264. The minimum absolute atomic E-state index is 0. The van der Waals surface area contributed by atoms with E-state index in [0.717, 1.165) is 37.2 Å². The molecule has 0 bridgehead atoms. The topological polar surface area (TPSA) is 73.6 Å². The van der Waals surface area contributed by atoms with Crippen LogP contribution in [0.5, 0.6) is 11.5 Å². The highest BCUT2D eigenvalue weighted by atomic mass is 35.5. The third-order valence-electron chi connectivity index (χ3n) is 4.30. The molecule has 5 nitrogen and oxygen atoms in total. The van der Waals surface area contributed by atoms with Gasteiger partial charge >= 0.3 is 0 Å². The van der Waals surface area contributed by atoms with Gasteiger partial charge in [-0.15, -0.1) is 12.4 Å². The van der Waals surface area contributed by atoms with Gasteiger partial charge < -0.3 is 20.5 Å². The number of rotatable bonds is 6. The van der Waals surface area contributed by atoms with E-state index < -0.39 is 0 Å². The standard InChI is InChI=1S/C17H26N2O3.ClH/c1-17(18)10-4-3-5-15(17)16(20)19-11-12-22-14-8-6-13(21-2)7-9-14;/h6-9,15H,3-5,10-12,18H2,1-2H3,(H,19,20);1H. The molecule has 6 heteroatoms. The van der Waals surface area contributed by atoms with Crippen LogP contribution in [0.3, 0.4) is 0 Å². The summed E-state index contributed by atoms with van der Waals surface area (Å²) in [5.41, 5.74) is 5.85. The number of benzene rings is 1. The SMILES string of the molecule is COc1ccc(OCCNC(=O)C2CCCCC2(C)N)cc1.Cl. The molecule has 1 aromatic carbocycles. The normalized spacial score (nSPS) is 23.5. The fourth-order valence-electron chi connectivity index (χ4n) is 2.93. The molecule has 3 N–H and O–H groups in total. The number of amides is 1. The number of hydrogen-bond acceptors (Lipinski definition) is 4. The number of nitrogens with one attached hydrogen (secondary N) is 1. The zero-order valence-electron chi connectivity index (χ0n) is 13.8. The van der Waals surface area contributed by atoms with Crippen LogP contribution in [0.25, 0.3) is 0 Å². The Labute approximate surface area is 144 Å². The first-order chi connectivity index (χ1) is 10.5. The molecule has 1 aliphatic rings. The summed E-state index contributed by atoms with van der Waals surface area (Å²) in [6.45, 7) is 2.90. The largest absolute Gasteiger partial charge is 0.497 e. The number of methoxy groups -OCH3 is 1. The first kappa shape index (κ1) is 19.6. The second-order valence-electron chi connectivity index (χ2n) is 6.12. The second kappa shape index (κ2) is 8.99. The van der Waals surface area contributed by atoms with Crippen molar-refractivity contribution in [1.29, 1.82) is 0 Å². The lowest BCUT2D eigenvalue weighted by Crippen LogP contribution is -2.53. The first-order valence-corrected chi connectivity index (χ1v) is 7.86. The van der Waals surface area contributed by atoms with Gasteiger partial charge in [-0.05, 0) is 44.0 Å². The molecule has 2 rings (SSSR count).